The SMILES string of the molecule is O=Cc1ccc(NC2=CCCC=C2)cc1. The highest BCUT2D eigenvalue weighted by molar-refractivity contribution is 5.75. The van der Waals surface area contributed by atoms with Gasteiger partial charge >= 0.3 is 0 Å². The summed E-state index contributed by atoms with van der Waals surface area (Å²) in [5, 5.41) is 3.29. The first-order valence-corrected chi connectivity index (χ1v) is 5.07. The molecule has 1 aromatic rings. The molecule has 0 unspecified atom stereocenters. The molecular weight excluding hydrogens is 186 g/mol. The number of anilines is 1. The molecule has 0 atom stereocenters. The Morgan fingerprint density at radius 1 is 1.13 bits per heavy atom. The van der Waals surface area contributed by atoms with Crippen LogP contribution in [-0.4, -0.2) is 6.29 Å². The van der Waals surface area contributed by atoms with Gasteiger partial charge in [-0.15, -0.1) is 0 Å². The Bertz CT molecular complexity index is 401. The minimum absolute atomic E-state index is 0.703. The van der Waals surface area contributed by atoms with E-state index in [0.29, 0.717) is 5.56 Å². The Morgan fingerprint density at radius 3 is 2.53 bits per heavy atom. The van der Waals surface area contributed by atoms with Crippen molar-refractivity contribution in [2.75, 3.05) is 5.32 Å². The molecule has 1 aliphatic carbocycles. The van der Waals surface area contributed by atoms with Crippen LogP contribution in [0.2, 0.25) is 0 Å². The molecular formula is C13H13NO. The number of hydrogen-bond acceptors (Lipinski definition) is 2. The topological polar surface area (TPSA) is 29.1 Å². The number of rotatable bonds is 3. The standard InChI is InChI=1S/C13H13NO/c15-10-11-6-8-13(9-7-11)14-12-4-2-1-3-5-12/h2,4-10,14H,1,3H2. The third-order valence-electron chi connectivity index (χ3n) is 2.33. The number of carbonyl (C=O) groups excluding carboxylic acids is 1. The zero-order valence-electron chi connectivity index (χ0n) is 8.44. The highest BCUT2D eigenvalue weighted by Crippen LogP contribution is 2.15. The second-order valence-electron chi connectivity index (χ2n) is 3.50. The molecule has 0 fully saturated rings. The molecule has 2 heteroatoms. The Kier molecular flexibility index (Phi) is 2.98. The van der Waals surface area contributed by atoms with E-state index in [4.69, 9.17) is 0 Å². The van der Waals surface area contributed by atoms with Crippen LogP contribution in [0.4, 0.5) is 5.69 Å². The maximum absolute atomic E-state index is 10.5. The summed E-state index contributed by atoms with van der Waals surface area (Å²) < 4.78 is 0. The molecule has 0 aliphatic heterocycles. The molecule has 0 saturated carbocycles. The van der Waals surface area contributed by atoms with Gasteiger partial charge in [-0.1, -0.05) is 12.2 Å². The lowest BCUT2D eigenvalue weighted by molar-refractivity contribution is 0.112. The minimum Gasteiger partial charge on any atom is -0.356 e. The van der Waals surface area contributed by atoms with Crippen LogP contribution in [0.15, 0.2) is 48.2 Å². The van der Waals surface area contributed by atoms with Crippen molar-refractivity contribution in [3.63, 3.8) is 0 Å². The molecule has 2 rings (SSSR count). The number of benzene rings is 1. The van der Waals surface area contributed by atoms with Gasteiger partial charge in [0.25, 0.3) is 0 Å². The summed E-state index contributed by atoms with van der Waals surface area (Å²) in [6.45, 7) is 0. The Morgan fingerprint density at radius 2 is 1.93 bits per heavy atom. The molecule has 15 heavy (non-hydrogen) atoms. The summed E-state index contributed by atoms with van der Waals surface area (Å²) in [5.41, 5.74) is 2.84. The largest absolute Gasteiger partial charge is 0.356 e. The van der Waals surface area contributed by atoms with Crippen LogP contribution in [0.1, 0.15) is 23.2 Å². The lowest BCUT2D eigenvalue weighted by atomic mass is 10.1. The summed E-state index contributed by atoms with van der Waals surface area (Å²) in [4.78, 5) is 10.5. The zero-order chi connectivity index (χ0) is 10.5. The van der Waals surface area contributed by atoms with Crippen molar-refractivity contribution in [3.05, 3.63) is 53.8 Å². The quantitative estimate of drug-likeness (QED) is 0.758. The molecule has 1 N–H and O–H groups in total. The molecule has 0 saturated heterocycles. The predicted molar refractivity (Wildman–Crippen MR) is 61.9 cm³/mol. The fourth-order valence-corrected chi connectivity index (χ4v) is 1.52. The van der Waals surface area contributed by atoms with Crippen molar-refractivity contribution in [2.45, 2.75) is 12.8 Å². The first-order chi connectivity index (χ1) is 7.38. The number of allylic oxidation sites excluding steroid dienone is 3. The first kappa shape index (κ1) is 9.71. The average Bonchev–Trinajstić information content (AvgIpc) is 2.31. The van der Waals surface area contributed by atoms with E-state index in [1.54, 1.807) is 0 Å². The van der Waals surface area contributed by atoms with Crippen LogP contribution >= 0.6 is 0 Å². The number of nitrogens with one attached hydrogen (secondary N) is 1. The van der Waals surface area contributed by atoms with Gasteiger partial charge < -0.3 is 5.32 Å². The Hall–Kier alpha value is -1.83. The second kappa shape index (κ2) is 4.60. The molecule has 0 amide bonds. The van der Waals surface area contributed by atoms with Crippen molar-refractivity contribution in [2.24, 2.45) is 0 Å². The van der Waals surface area contributed by atoms with Gasteiger partial charge in [0.1, 0.15) is 6.29 Å². The van der Waals surface area contributed by atoms with E-state index >= 15 is 0 Å². The van der Waals surface area contributed by atoms with E-state index in [2.05, 4.69) is 23.5 Å². The van der Waals surface area contributed by atoms with Crippen molar-refractivity contribution in [1.29, 1.82) is 0 Å². The van der Waals surface area contributed by atoms with Crippen LogP contribution in [0, 0.1) is 0 Å². The van der Waals surface area contributed by atoms with Gasteiger partial charge in [0, 0.05) is 16.9 Å². The zero-order valence-corrected chi connectivity index (χ0v) is 8.44. The summed E-state index contributed by atoms with van der Waals surface area (Å²) in [6, 6.07) is 7.44. The van der Waals surface area contributed by atoms with Gasteiger partial charge in [-0.2, -0.15) is 0 Å². The molecule has 0 radical (unpaired) electrons. The molecule has 1 aliphatic rings. The Labute approximate surface area is 89.3 Å². The highest BCUT2D eigenvalue weighted by Gasteiger charge is 1.98. The van der Waals surface area contributed by atoms with E-state index in [1.165, 1.54) is 0 Å². The summed E-state index contributed by atoms with van der Waals surface area (Å²) in [7, 11) is 0. The maximum atomic E-state index is 10.5. The highest BCUT2D eigenvalue weighted by atomic mass is 16.1. The predicted octanol–water partition coefficient (Wildman–Crippen LogP) is 3.14. The van der Waals surface area contributed by atoms with Crippen molar-refractivity contribution < 1.29 is 4.79 Å². The first-order valence-electron chi connectivity index (χ1n) is 5.07. The van der Waals surface area contributed by atoms with Gasteiger partial charge in [0.2, 0.25) is 0 Å². The number of hydrogen-bond donors (Lipinski definition) is 1. The second-order valence-corrected chi connectivity index (χ2v) is 3.50. The molecule has 0 aromatic heterocycles. The maximum Gasteiger partial charge on any atom is 0.150 e. The van der Waals surface area contributed by atoms with Crippen LogP contribution < -0.4 is 5.32 Å². The lowest BCUT2D eigenvalue weighted by Gasteiger charge is -2.10. The molecule has 0 bridgehead atoms. The van der Waals surface area contributed by atoms with Crippen molar-refractivity contribution in [1.82, 2.24) is 0 Å². The number of aldehydes is 1. The molecule has 0 heterocycles. The van der Waals surface area contributed by atoms with E-state index in [1.807, 2.05) is 24.3 Å². The van der Waals surface area contributed by atoms with Crippen molar-refractivity contribution in [3.8, 4) is 0 Å². The molecule has 1 aromatic carbocycles. The van der Waals surface area contributed by atoms with E-state index in [9.17, 15) is 4.79 Å². The van der Waals surface area contributed by atoms with Crippen LogP contribution in [-0.2, 0) is 0 Å². The van der Waals surface area contributed by atoms with Gasteiger partial charge in [-0.25, -0.2) is 0 Å². The van der Waals surface area contributed by atoms with Crippen LogP contribution in [0.5, 0.6) is 0 Å². The third-order valence-corrected chi connectivity index (χ3v) is 2.33. The normalized spacial score (nSPS) is 14.5. The molecule has 0 spiro atoms. The van der Waals surface area contributed by atoms with Crippen molar-refractivity contribution >= 4 is 12.0 Å². The average molecular weight is 199 g/mol. The monoisotopic (exact) mass is 199 g/mol. The van der Waals surface area contributed by atoms with E-state index < -0.39 is 0 Å². The van der Waals surface area contributed by atoms with Gasteiger partial charge in [-0.3, -0.25) is 4.79 Å². The van der Waals surface area contributed by atoms with E-state index in [0.717, 1.165) is 30.5 Å². The Balaban J connectivity index is 2.07. The summed E-state index contributed by atoms with van der Waals surface area (Å²) in [5.74, 6) is 0. The minimum atomic E-state index is 0.703. The fraction of sp³-hybridized carbons (Fsp3) is 0.154. The van der Waals surface area contributed by atoms with Gasteiger partial charge in [0.15, 0.2) is 0 Å². The van der Waals surface area contributed by atoms with Gasteiger partial charge in [0.05, 0.1) is 0 Å². The van der Waals surface area contributed by atoms with Crippen LogP contribution in [0.25, 0.3) is 0 Å². The van der Waals surface area contributed by atoms with Crippen LogP contribution in [0.3, 0.4) is 0 Å². The molecule has 76 valence electrons. The fourth-order valence-electron chi connectivity index (χ4n) is 1.52. The number of carbonyl (C=O) groups is 1. The van der Waals surface area contributed by atoms with Gasteiger partial charge in [-0.05, 0) is 43.2 Å². The smallest absolute Gasteiger partial charge is 0.150 e. The molecule has 2 nitrogen and oxygen atoms in total. The summed E-state index contributed by atoms with van der Waals surface area (Å²) >= 11 is 0. The van der Waals surface area contributed by atoms with E-state index in [-0.39, 0.29) is 0 Å². The third kappa shape index (κ3) is 2.56. The lowest BCUT2D eigenvalue weighted by Crippen LogP contribution is -1.98. The summed E-state index contributed by atoms with van der Waals surface area (Å²) in [6.07, 6.45) is 9.47.